The van der Waals surface area contributed by atoms with Crippen LogP contribution in [0.5, 0.6) is 0 Å². The predicted octanol–water partition coefficient (Wildman–Crippen LogP) is 12.8. The van der Waals surface area contributed by atoms with E-state index in [1.165, 1.54) is 0 Å². The molecule has 8 aromatic carbocycles. The number of furan rings is 1. The van der Waals surface area contributed by atoms with Crippen molar-refractivity contribution in [1.29, 1.82) is 0 Å². The van der Waals surface area contributed by atoms with Crippen molar-refractivity contribution in [3.8, 4) is 22.6 Å². The van der Waals surface area contributed by atoms with Crippen LogP contribution >= 0.6 is 0 Å². The lowest BCUT2D eigenvalue weighted by Gasteiger charge is -2.26. The average molecular weight is 629 g/mol. The molecule has 0 radical (unpaired) electrons. The molecule has 4 heteroatoms. The molecule has 0 unspecified atom stereocenters. The summed E-state index contributed by atoms with van der Waals surface area (Å²) in [5.41, 5.74) is 9.61. The number of fused-ring (bicyclic) bond motifs is 8. The molecule has 49 heavy (non-hydrogen) atoms. The number of nitrogens with zero attached hydrogens (tertiary/aromatic N) is 2. The Hall–Kier alpha value is -6.65. The predicted molar refractivity (Wildman–Crippen MR) is 202 cm³/mol. The molecule has 0 aliphatic rings. The van der Waals surface area contributed by atoms with Gasteiger partial charge in [-0.3, -0.25) is 0 Å². The molecule has 4 nitrogen and oxygen atoms in total. The summed E-state index contributed by atoms with van der Waals surface area (Å²) in [6.45, 7) is 0. The lowest BCUT2D eigenvalue weighted by molar-refractivity contribution is 0.623. The van der Waals surface area contributed by atoms with E-state index in [0.717, 1.165) is 88.3 Å². The van der Waals surface area contributed by atoms with Gasteiger partial charge in [0.1, 0.15) is 11.1 Å². The van der Waals surface area contributed by atoms with Gasteiger partial charge in [-0.2, -0.15) is 0 Å². The number of rotatable bonds is 5. The maximum atomic E-state index is 6.62. The van der Waals surface area contributed by atoms with Gasteiger partial charge in [-0.1, -0.05) is 115 Å². The van der Waals surface area contributed by atoms with Crippen molar-refractivity contribution in [2.75, 3.05) is 4.90 Å². The number of oxazole rings is 1. The molecule has 2 aromatic heterocycles. The fourth-order valence-electron chi connectivity index (χ4n) is 7.14. The highest BCUT2D eigenvalue weighted by molar-refractivity contribution is 6.19. The summed E-state index contributed by atoms with van der Waals surface area (Å²) in [5.74, 6) is 0.618. The Bertz CT molecular complexity index is 2830. The molecule has 230 valence electrons. The lowest BCUT2D eigenvalue weighted by Crippen LogP contribution is -2.10. The molecule has 10 aromatic rings. The third-order valence-electron chi connectivity index (χ3n) is 9.45. The zero-order valence-electron chi connectivity index (χ0n) is 26.4. The van der Waals surface area contributed by atoms with Crippen molar-refractivity contribution in [2.24, 2.45) is 0 Å². The first-order chi connectivity index (χ1) is 24.3. The van der Waals surface area contributed by atoms with Crippen LogP contribution in [0.25, 0.3) is 77.2 Å². The molecule has 0 aliphatic carbocycles. The molecule has 0 bridgehead atoms. The van der Waals surface area contributed by atoms with Crippen molar-refractivity contribution in [1.82, 2.24) is 4.98 Å². The Morgan fingerprint density at radius 1 is 0.429 bits per heavy atom. The first kappa shape index (κ1) is 27.5. The largest absolute Gasteiger partial charge is 0.454 e. The van der Waals surface area contributed by atoms with Crippen LogP contribution in [-0.4, -0.2) is 4.98 Å². The summed E-state index contributed by atoms with van der Waals surface area (Å²) in [4.78, 5) is 7.21. The molecule has 0 amide bonds. The van der Waals surface area contributed by atoms with Gasteiger partial charge in [0.25, 0.3) is 0 Å². The summed E-state index contributed by atoms with van der Waals surface area (Å²) >= 11 is 0. The van der Waals surface area contributed by atoms with Gasteiger partial charge in [-0.15, -0.1) is 0 Å². The zero-order chi connectivity index (χ0) is 32.3. The third kappa shape index (κ3) is 4.49. The number of anilines is 3. The van der Waals surface area contributed by atoms with Crippen LogP contribution in [0.1, 0.15) is 0 Å². The Morgan fingerprint density at radius 2 is 1.10 bits per heavy atom. The molecule has 0 N–H and O–H groups in total. The van der Waals surface area contributed by atoms with Crippen LogP contribution in [0.2, 0.25) is 0 Å². The average Bonchev–Trinajstić information content (AvgIpc) is 3.78. The molecule has 0 spiro atoms. The Labute approximate surface area is 282 Å². The van der Waals surface area contributed by atoms with Crippen LogP contribution in [0, 0.1) is 0 Å². The Morgan fingerprint density at radius 3 is 1.98 bits per heavy atom. The van der Waals surface area contributed by atoms with Gasteiger partial charge in [-0.05, 0) is 81.9 Å². The Balaban J connectivity index is 1.24. The van der Waals surface area contributed by atoms with Crippen LogP contribution in [-0.2, 0) is 0 Å². The standard InChI is InChI=1S/C45H28N2O2/c1-3-11-29(12-4-1)33-15-9-16-34(27-33)47(40-19-10-18-37-36-17-7-8-20-41(36)48-43(37)40)35-25-23-30-21-22-31-24-26-39-44(42(31)38(30)28-35)49-45(46-39)32-13-5-2-6-14-32/h1-28H. The number of para-hydroxylation sites is 2. The van der Waals surface area contributed by atoms with Crippen molar-refractivity contribution >= 4 is 71.6 Å². The van der Waals surface area contributed by atoms with Gasteiger partial charge < -0.3 is 13.7 Å². The molecule has 0 aliphatic heterocycles. The quantitative estimate of drug-likeness (QED) is 0.178. The molecule has 2 heterocycles. The zero-order valence-corrected chi connectivity index (χ0v) is 26.4. The minimum Gasteiger partial charge on any atom is -0.454 e. The fourth-order valence-corrected chi connectivity index (χ4v) is 7.14. The summed E-state index contributed by atoms with van der Waals surface area (Å²) in [6.07, 6.45) is 0. The summed E-state index contributed by atoms with van der Waals surface area (Å²) in [6, 6.07) is 59.2. The molecular formula is C45H28N2O2. The molecule has 0 fully saturated rings. The van der Waals surface area contributed by atoms with E-state index < -0.39 is 0 Å². The van der Waals surface area contributed by atoms with Gasteiger partial charge in [0.2, 0.25) is 5.89 Å². The molecule has 0 atom stereocenters. The van der Waals surface area contributed by atoms with Gasteiger partial charge in [0.15, 0.2) is 11.2 Å². The lowest BCUT2D eigenvalue weighted by atomic mass is 9.99. The first-order valence-corrected chi connectivity index (χ1v) is 16.5. The summed E-state index contributed by atoms with van der Waals surface area (Å²) in [5, 5.41) is 6.55. The first-order valence-electron chi connectivity index (χ1n) is 16.5. The normalized spacial score (nSPS) is 11.7. The van der Waals surface area contributed by atoms with Crippen molar-refractivity contribution in [3.63, 3.8) is 0 Å². The second-order valence-corrected chi connectivity index (χ2v) is 12.4. The maximum Gasteiger partial charge on any atom is 0.227 e. The van der Waals surface area contributed by atoms with Crippen LogP contribution in [0.3, 0.4) is 0 Å². The van der Waals surface area contributed by atoms with Gasteiger partial charge >= 0.3 is 0 Å². The van der Waals surface area contributed by atoms with Crippen LogP contribution in [0.15, 0.2) is 179 Å². The molecule has 10 rings (SSSR count). The maximum absolute atomic E-state index is 6.62. The van der Waals surface area contributed by atoms with Crippen molar-refractivity contribution in [3.05, 3.63) is 170 Å². The Kier molecular flexibility index (Phi) is 6.15. The molecule has 0 saturated heterocycles. The monoisotopic (exact) mass is 628 g/mol. The van der Waals surface area contributed by atoms with E-state index in [0.29, 0.717) is 5.89 Å². The van der Waals surface area contributed by atoms with E-state index in [-0.39, 0.29) is 0 Å². The highest BCUT2D eigenvalue weighted by Crippen LogP contribution is 2.44. The van der Waals surface area contributed by atoms with E-state index in [2.05, 4.69) is 126 Å². The van der Waals surface area contributed by atoms with Crippen molar-refractivity contribution < 1.29 is 8.83 Å². The topological polar surface area (TPSA) is 42.4 Å². The van der Waals surface area contributed by atoms with E-state index in [1.54, 1.807) is 0 Å². The smallest absolute Gasteiger partial charge is 0.227 e. The number of hydrogen-bond donors (Lipinski definition) is 0. The third-order valence-corrected chi connectivity index (χ3v) is 9.45. The van der Waals surface area contributed by atoms with E-state index in [9.17, 15) is 0 Å². The minimum absolute atomic E-state index is 0.618. The second-order valence-electron chi connectivity index (χ2n) is 12.4. The van der Waals surface area contributed by atoms with Gasteiger partial charge in [0.05, 0.1) is 5.69 Å². The SMILES string of the molecule is c1ccc(-c2cccc(N(c3ccc4ccc5ccc6nc(-c7ccccc7)oc6c5c4c3)c3cccc4c3oc3ccccc34)c2)cc1. The van der Waals surface area contributed by atoms with Crippen molar-refractivity contribution in [2.45, 2.75) is 0 Å². The van der Waals surface area contributed by atoms with E-state index in [1.807, 2.05) is 48.5 Å². The van der Waals surface area contributed by atoms with E-state index in [4.69, 9.17) is 13.8 Å². The second kappa shape index (κ2) is 11.0. The fraction of sp³-hybridized carbons (Fsp3) is 0. The number of aromatic nitrogens is 1. The minimum atomic E-state index is 0.618. The highest BCUT2D eigenvalue weighted by Gasteiger charge is 2.21. The van der Waals surface area contributed by atoms with Crippen LogP contribution in [0.4, 0.5) is 17.1 Å². The summed E-state index contributed by atoms with van der Waals surface area (Å²) in [7, 11) is 0. The number of hydrogen-bond acceptors (Lipinski definition) is 4. The molecular weight excluding hydrogens is 601 g/mol. The van der Waals surface area contributed by atoms with E-state index >= 15 is 0 Å². The highest BCUT2D eigenvalue weighted by atomic mass is 16.3. The molecule has 0 saturated carbocycles. The van der Waals surface area contributed by atoms with Gasteiger partial charge in [-0.25, -0.2) is 4.98 Å². The number of benzene rings is 8. The van der Waals surface area contributed by atoms with Crippen LogP contribution < -0.4 is 4.90 Å². The van der Waals surface area contributed by atoms with Gasteiger partial charge in [0, 0.05) is 33.1 Å². The summed E-state index contributed by atoms with van der Waals surface area (Å²) < 4.78 is 13.2.